The summed E-state index contributed by atoms with van der Waals surface area (Å²) < 4.78 is 12.6. The summed E-state index contributed by atoms with van der Waals surface area (Å²) >= 11 is 0. The van der Waals surface area contributed by atoms with Gasteiger partial charge in [0, 0.05) is 17.2 Å². The first kappa shape index (κ1) is 27.1. The van der Waals surface area contributed by atoms with Gasteiger partial charge in [0.2, 0.25) is 5.75 Å². The van der Waals surface area contributed by atoms with Crippen LogP contribution in [-0.4, -0.2) is 34.0 Å². The Morgan fingerprint density at radius 1 is 1.18 bits per heavy atom. The minimum atomic E-state index is -0.560. The number of nitrogens with zero attached hydrogens (tertiary/aromatic N) is 4. The van der Waals surface area contributed by atoms with Crippen LogP contribution < -0.4 is 15.0 Å². The molecule has 4 rings (SSSR count). The zero-order chi connectivity index (χ0) is 28.1. The fraction of sp³-hybridized carbons (Fsp3) is 0.233. The van der Waals surface area contributed by atoms with Crippen molar-refractivity contribution in [2.75, 3.05) is 13.2 Å². The molecule has 0 bridgehead atoms. The summed E-state index contributed by atoms with van der Waals surface area (Å²) in [5.41, 5.74) is 2.70. The number of hydrogen-bond donors (Lipinski definition) is 0. The third-order valence-electron chi connectivity index (χ3n) is 6.11. The molecule has 0 aliphatic rings. The second-order valence-electron chi connectivity index (χ2n) is 9.05. The van der Waals surface area contributed by atoms with Crippen LogP contribution in [0.4, 0.5) is 5.69 Å². The molecule has 0 saturated carbocycles. The normalized spacial score (nSPS) is 11.2. The van der Waals surface area contributed by atoms with Crippen LogP contribution in [0.25, 0.3) is 22.3 Å². The monoisotopic (exact) mass is 524 g/mol. The third-order valence-corrected chi connectivity index (χ3v) is 6.11. The van der Waals surface area contributed by atoms with Gasteiger partial charge < -0.3 is 9.47 Å². The van der Waals surface area contributed by atoms with E-state index in [1.807, 2.05) is 32.0 Å². The van der Waals surface area contributed by atoms with E-state index in [0.717, 1.165) is 16.9 Å². The van der Waals surface area contributed by atoms with Crippen LogP contribution in [0.5, 0.6) is 11.5 Å². The first-order valence-corrected chi connectivity index (χ1v) is 12.4. The Hall–Kier alpha value is -4.97. The van der Waals surface area contributed by atoms with E-state index >= 15 is 0 Å². The quantitative estimate of drug-likeness (QED) is 0.120. The van der Waals surface area contributed by atoms with Gasteiger partial charge in [0.05, 0.1) is 28.6 Å². The van der Waals surface area contributed by atoms with Gasteiger partial charge in [0.1, 0.15) is 12.4 Å². The van der Waals surface area contributed by atoms with Crippen molar-refractivity contribution in [2.24, 2.45) is 5.10 Å². The van der Waals surface area contributed by atoms with Gasteiger partial charge >= 0.3 is 5.69 Å². The molecule has 0 atom stereocenters. The van der Waals surface area contributed by atoms with Crippen molar-refractivity contribution < 1.29 is 14.4 Å². The predicted molar refractivity (Wildman–Crippen MR) is 152 cm³/mol. The topological polar surface area (TPSA) is 109 Å². The zero-order valence-electron chi connectivity index (χ0n) is 22.2. The molecule has 1 heterocycles. The lowest BCUT2D eigenvalue weighted by atomic mass is 9.96. The van der Waals surface area contributed by atoms with Crippen molar-refractivity contribution in [1.82, 2.24) is 9.66 Å². The van der Waals surface area contributed by atoms with Crippen LogP contribution in [-0.2, 0) is 0 Å². The predicted octanol–water partition coefficient (Wildman–Crippen LogP) is 5.70. The second-order valence-corrected chi connectivity index (χ2v) is 9.05. The van der Waals surface area contributed by atoms with Crippen molar-refractivity contribution in [2.45, 2.75) is 33.6 Å². The molecule has 0 N–H and O–H groups in total. The molecule has 0 fully saturated rings. The number of ether oxygens (including phenoxy) is 2. The Morgan fingerprint density at radius 3 is 2.64 bits per heavy atom. The SMILES string of the molecule is C#CCOc1c(C=Nn2c(-c3cc(C(C)C)c(OCC)cc3C)nc3ccccc3c2=O)cccc1[N+](=O)[O-]. The maximum atomic E-state index is 13.7. The maximum absolute atomic E-state index is 13.7. The minimum Gasteiger partial charge on any atom is -0.494 e. The van der Waals surface area contributed by atoms with Crippen LogP contribution in [0.1, 0.15) is 43.4 Å². The van der Waals surface area contributed by atoms with E-state index < -0.39 is 4.92 Å². The van der Waals surface area contributed by atoms with Crippen LogP contribution >= 0.6 is 0 Å². The van der Waals surface area contributed by atoms with E-state index in [4.69, 9.17) is 20.9 Å². The van der Waals surface area contributed by atoms with Crippen molar-refractivity contribution >= 4 is 22.8 Å². The molecule has 9 heteroatoms. The molecule has 9 nitrogen and oxygen atoms in total. The lowest BCUT2D eigenvalue weighted by molar-refractivity contribution is -0.385. The number of fused-ring (bicyclic) bond motifs is 1. The van der Waals surface area contributed by atoms with Gasteiger partial charge in [0.15, 0.2) is 5.82 Å². The van der Waals surface area contributed by atoms with Gasteiger partial charge in [-0.1, -0.05) is 38.0 Å². The molecule has 0 aliphatic carbocycles. The van der Waals surface area contributed by atoms with Crippen LogP contribution in [0.15, 0.2) is 64.5 Å². The molecule has 0 saturated heterocycles. The summed E-state index contributed by atoms with van der Waals surface area (Å²) in [4.78, 5) is 29.6. The smallest absolute Gasteiger partial charge is 0.311 e. The molecule has 0 aliphatic heterocycles. The fourth-order valence-corrected chi connectivity index (χ4v) is 4.25. The number of nitro groups is 1. The first-order valence-electron chi connectivity index (χ1n) is 12.4. The van der Waals surface area contributed by atoms with Crippen molar-refractivity contribution in [1.29, 1.82) is 0 Å². The highest BCUT2D eigenvalue weighted by atomic mass is 16.6. The van der Waals surface area contributed by atoms with E-state index in [2.05, 4.69) is 24.9 Å². The average molecular weight is 525 g/mol. The van der Waals surface area contributed by atoms with Gasteiger partial charge in [-0.3, -0.25) is 14.9 Å². The number of aromatic nitrogens is 2. The van der Waals surface area contributed by atoms with E-state index in [1.165, 1.54) is 23.0 Å². The number of para-hydroxylation sites is 2. The van der Waals surface area contributed by atoms with E-state index in [1.54, 1.807) is 24.3 Å². The summed E-state index contributed by atoms with van der Waals surface area (Å²) in [5.74, 6) is 3.53. The highest BCUT2D eigenvalue weighted by Crippen LogP contribution is 2.34. The molecule has 39 heavy (non-hydrogen) atoms. The highest BCUT2D eigenvalue weighted by Gasteiger charge is 2.20. The summed E-state index contributed by atoms with van der Waals surface area (Å²) in [6, 6.07) is 15.4. The first-order chi connectivity index (χ1) is 18.8. The lowest BCUT2D eigenvalue weighted by Crippen LogP contribution is -2.21. The largest absolute Gasteiger partial charge is 0.494 e. The summed E-state index contributed by atoms with van der Waals surface area (Å²) in [5, 5.41) is 16.5. The Labute approximate surface area is 225 Å². The Balaban J connectivity index is 1.98. The molecule has 0 unspecified atom stereocenters. The number of hydrogen-bond acceptors (Lipinski definition) is 7. The summed E-state index contributed by atoms with van der Waals surface area (Å²) in [7, 11) is 0. The molecular formula is C30H28N4O5. The molecule has 0 radical (unpaired) electrons. The number of aryl methyl sites for hydroxylation is 1. The third kappa shape index (κ3) is 5.50. The van der Waals surface area contributed by atoms with Crippen molar-refractivity contribution in [3.63, 3.8) is 0 Å². The van der Waals surface area contributed by atoms with Gasteiger partial charge in [-0.05, 0) is 61.2 Å². The molecule has 0 amide bonds. The fourth-order valence-electron chi connectivity index (χ4n) is 4.25. The number of benzene rings is 3. The second kappa shape index (κ2) is 11.6. The standard InChI is InChI=1S/C30H28N4O5/c1-6-15-39-28-21(11-10-14-26(28)34(36)37)18-31-33-29(32-25-13-9-8-12-22(25)30(33)35)24-17-23(19(3)4)27(38-7-2)16-20(24)5/h1,8-14,16-19H,7,15H2,2-5H3. The molecule has 0 spiro atoms. The number of rotatable bonds is 9. The molecule has 198 valence electrons. The number of nitro benzene ring substituents is 1. The maximum Gasteiger partial charge on any atom is 0.311 e. The van der Waals surface area contributed by atoms with E-state index in [0.29, 0.717) is 28.9 Å². The van der Waals surface area contributed by atoms with Gasteiger partial charge in [-0.2, -0.15) is 9.78 Å². The Bertz CT molecular complexity index is 1680. The van der Waals surface area contributed by atoms with Gasteiger partial charge in [0.25, 0.3) is 5.56 Å². The highest BCUT2D eigenvalue weighted by molar-refractivity contribution is 5.86. The summed E-state index contributed by atoms with van der Waals surface area (Å²) in [6.07, 6.45) is 6.65. The van der Waals surface area contributed by atoms with Gasteiger partial charge in [-0.25, -0.2) is 4.98 Å². The van der Waals surface area contributed by atoms with Crippen LogP contribution in [0, 0.1) is 29.4 Å². The molecule has 1 aromatic heterocycles. The van der Waals surface area contributed by atoms with Crippen LogP contribution in [0.3, 0.4) is 0 Å². The Kier molecular flexibility index (Phi) is 8.06. The minimum absolute atomic E-state index is 0.0353. The van der Waals surface area contributed by atoms with E-state index in [-0.39, 0.29) is 35.1 Å². The molecule has 4 aromatic rings. The van der Waals surface area contributed by atoms with Crippen molar-refractivity contribution in [3.05, 3.63) is 91.8 Å². The average Bonchev–Trinajstić information content (AvgIpc) is 2.91. The van der Waals surface area contributed by atoms with Crippen molar-refractivity contribution in [3.8, 4) is 35.2 Å². The van der Waals surface area contributed by atoms with E-state index in [9.17, 15) is 14.9 Å². The summed E-state index contributed by atoms with van der Waals surface area (Å²) in [6.45, 7) is 8.34. The molecular weight excluding hydrogens is 496 g/mol. The lowest BCUT2D eigenvalue weighted by Gasteiger charge is -2.18. The molecule has 3 aromatic carbocycles. The van der Waals surface area contributed by atoms with Gasteiger partial charge in [-0.15, -0.1) is 6.42 Å². The Morgan fingerprint density at radius 2 is 1.95 bits per heavy atom. The zero-order valence-corrected chi connectivity index (χ0v) is 22.2. The van der Waals surface area contributed by atoms with Crippen LogP contribution in [0.2, 0.25) is 0 Å². The number of terminal acetylenes is 1.